The molecule has 1 saturated heterocycles. The van der Waals surface area contributed by atoms with Crippen LogP contribution in [-0.2, 0) is 42.9 Å². The van der Waals surface area contributed by atoms with E-state index in [0.717, 1.165) is 13.8 Å². The van der Waals surface area contributed by atoms with E-state index in [1.54, 1.807) is 74.5 Å². The van der Waals surface area contributed by atoms with Gasteiger partial charge in [-0.3, -0.25) is 19.2 Å². The van der Waals surface area contributed by atoms with Gasteiger partial charge in [0, 0.05) is 43.4 Å². The van der Waals surface area contributed by atoms with Crippen molar-refractivity contribution in [2.45, 2.75) is 108 Å². The van der Waals surface area contributed by atoms with Crippen molar-refractivity contribution in [3.63, 3.8) is 0 Å². The molecule has 3 fully saturated rings. The zero-order chi connectivity index (χ0) is 45.8. The van der Waals surface area contributed by atoms with E-state index < -0.39 is 113 Å². The van der Waals surface area contributed by atoms with E-state index in [0.29, 0.717) is 11.3 Å². The molecule has 3 aromatic rings. The summed E-state index contributed by atoms with van der Waals surface area (Å²) in [5.74, 6) is -6.98. The van der Waals surface area contributed by atoms with Crippen molar-refractivity contribution in [2.24, 2.45) is 16.7 Å². The largest absolute Gasteiger partial charge is 0.456 e. The van der Waals surface area contributed by atoms with Crippen LogP contribution in [0.25, 0.3) is 0 Å². The van der Waals surface area contributed by atoms with Gasteiger partial charge in [-0.25, -0.2) is 9.59 Å². The van der Waals surface area contributed by atoms with Crippen molar-refractivity contribution in [1.82, 2.24) is 5.32 Å². The first-order chi connectivity index (χ1) is 29.7. The molecule has 1 aliphatic heterocycles. The molecular weight excluding hydrogens is 817 g/mol. The quantitative estimate of drug-likeness (QED) is 0.0849. The van der Waals surface area contributed by atoms with Crippen LogP contribution in [0.4, 0.5) is 5.69 Å². The fourth-order valence-corrected chi connectivity index (χ4v) is 10.3. The second-order valence-corrected chi connectivity index (χ2v) is 17.6. The number of Topliss-reactive ketones (excluding diaryl/α,β-unsaturated/α-hetero) is 1. The van der Waals surface area contributed by atoms with Crippen molar-refractivity contribution in [2.75, 3.05) is 12.3 Å². The normalized spacial score (nSPS) is 31.5. The molecular formula is C47H52N2O14. The predicted octanol–water partition coefficient (Wildman–Crippen LogP) is 3.32. The molecule has 2 bridgehead atoms. The van der Waals surface area contributed by atoms with Crippen LogP contribution in [-0.4, -0.2) is 105 Å². The van der Waals surface area contributed by atoms with Crippen molar-refractivity contribution >= 4 is 41.3 Å². The molecule has 63 heavy (non-hydrogen) atoms. The Balaban J connectivity index is 1.38. The number of aliphatic hydroxyl groups is 3. The van der Waals surface area contributed by atoms with Crippen LogP contribution >= 0.6 is 0 Å². The Morgan fingerprint density at radius 1 is 0.873 bits per heavy atom. The molecule has 16 nitrogen and oxygen atoms in total. The Labute approximate surface area is 363 Å². The summed E-state index contributed by atoms with van der Waals surface area (Å²) in [5, 5.41) is 40.3. The molecule has 1 amide bonds. The number of fused-ring (bicyclic) bond motifs is 5. The number of hydrogen-bond donors (Lipinski definition) is 5. The summed E-state index contributed by atoms with van der Waals surface area (Å²) < 4.78 is 30.3. The minimum Gasteiger partial charge on any atom is -0.456 e. The summed E-state index contributed by atoms with van der Waals surface area (Å²) >= 11 is 0. The molecule has 3 aliphatic carbocycles. The van der Waals surface area contributed by atoms with Crippen molar-refractivity contribution in [3.05, 3.63) is 113 Å². The van der Waals surface area contributed by atoms with E-state index in [9.17, 15) is 39.3 Å². The average Bonchev–Trinajstić information content (AvgIpc) is 3.23. The fourth-order valence-electron chi connectivity index (χ4n) is 10.3. The van der Waals surface area contributed by atoms with Gasteiger partial charge in [0.05, 0.1) is 35.6 Å². The number of ether oxygens (including phenoxy) is 5. The molecule has 0 aromatic heterocycles. The number of aliphatic hydroxyl groups excluding tert-OH is 2. The number of amides is 1. The second-order valence-electron chi connectivity index (χ2n) is 17.6. The number of nitrogens with one attached hydrogen (secondary N) is 1. The Kier molecular flexibility index (Phi) is 11.9. The number of carbonyl (C=O) groups is 6. The number of nitrogen functional groups attached to an aromatic ring is 1. The van der Waals surface area contributed by atoms with Gasteiger partial charge in [0.25, 0.3) is 5.91 Å². The van der Waals surface area contributed by atoms with Gasteiger partial charge in [0.2, 0.25) is 0 Å². The summed E-state index contributed by atoms with van der Waals surface area (Å²) in [6.45, 7) is 7.93. The second kappa shape index (κ2) is 16.6. The first-order valence-electron chi connectivity index (χ1n) is 20.7. The number of ketones is 1. The lowest BCUT2D eigenvalue weighted by Gasteiger charge is -2.67. The molecule has 0 unspecified atom stereocenters. The molecule has 3 aromatic carbocycles. The lowest BCUT2D eigenvalue weighted by Crippen LogP contribution is -2.82. The van der Waals surface area contributed by atoms with Crippen LogP contribution in [0.3, 0.4) is 0 Å². The minimum absolute atomic E-state index is 0.0144. The Morgan fingerprint density at radius 2 is 1.51 bits per heavy atom. The van der Waals surface area contributed by atoms with Crippen LogP contribution in [0.2, 0.25) is 0 Å². The van der Waals surface area contributed by atoms with Crippen LogP contribution < -0.4 is 11.1 Å². The van der Waals surface area contributed by atoms with Crippen molar-refractivity contribution < 1.29 is 67.8 Å². The fraction of sp³-hybridized carbons (Fsp3) is 0.447. The van der Waals surface area contributed by atoms with Gasteiger partial charge in [0.15, 0.2) is 23.6 Å². The van der Waals surface area contributed by atoms with Crippen LogP contribution in [0.5, 0.6) is 0 Å². The number of nitrogens with two attached hydrogens (primary N) is 1. The van der Waals surface area contributed by atoms with Gasteiger partial charge in [-0.2, -0.15) is 0 Å². The number of rotatable bonds is 10. The summed E-state index contributed by atoms with van der Waals surface area (Å²) in [6.07, 6.45) is -10.6. The Morgan fingerprint density at radius 3 is 2.10 bits per heavy atom. The number of esters is 4. The highest BCUT2D eigenvalue weighted by Crippen LogP contribution is 2.64. The van der Waals surface area contributed by atoms with Gasteiger partial charge in [-0.1, -0.05) is 68.4 Å². The molecule has 1 heterocycles. The van der Waals surface area contributed by atoms with E-state index in [1.165, 1.54) is 38.1 Å². The number of benzene rings is 3. The maximum absolute atomic E-state index is 15.5. The predicted molar refractivity (Wildman–Crippen MR) is 222 cm³/mol. The third-order valence-electron chi connectivity index (χ3n) is 13.6. The third-order valence-corrected chi connectivity index (χ3v) is 13.6. The summed E-state index contributed by atoms with van der Waals surface area (Å²) in [5.41, 5.74) is -1.02. The summed E-state index contributed by atoms with van der Waals surface area (Å²) in [4.78, 5) is 83.6. The topological polar surface area (TPSA) is 247 Å². The smallest absolute Gasteiger partial charge is 0.338 e. The maximum atomic E-state index is 15.5. The third kappa shape index (κ3) is 7.58. The molecule has 7 rings (SSSR count). The number of hydrogen-bond acceptors (Lipinski definition) is 15. The summed E-state index contributed by atoms with van der Waals surface area (Å²) in [6, 6.07) is 20.7. The highest BCUT2D eigenvalue weighted by atomic mass is 16.6. The first-order valence-corrected chi connectivity index (χ1v) is 20.7. The van der Waals surface area contributed by atoms with E-state index in [-0.39, 0.29) is 35.3 Å². The van der Waals surface area contributed by atoms with Crippen LogP contribution in [0.1, 0.15) is 86.7 Å². The summed E-state index contributed by atoms with van der Waals surface area (Å²) in [7, 11) is 0. The van der Waals surface area contributed by atoms with Crippen LogP contribution in [0, 0.1) is 16.7 Å². The first kappa shape index (κ1) is 45.1. The van der Waals surface area contributed by atoms with E-state index in [2.05, 4.69) is 5.32 Å². The molecule has 334 valence electrons. The standard InChI is InChI=1S/C47H52N2O14/c1-24-31(61-43(57)36(53)35(27-14-9-7-10-15-27)49-41(55)29-18-13-19-30(48)20-29)22-47(58)40(62-42(56)28-16-11-8-12-17-28)38-45(6,32(52)21-33-46(38,23-59-33)63-26(3)51)39(54)37(60-25(2)50)34(24)44(47,4)5/h7-20,31-33,35-38,40,52-53,58H,21-23,48H2,1-6H3,(H,49,55)/t31-,32-,33+,35-,36+,37+,38-,40-,45+,46-,47+/m0/s1. The van der Waals surface area contributed by atoms with Crippen molar-refractivity contribution in [1.29, 1.82) is 0 Å². The van der Waals surface area contributed by atoms with Gasteiger partial charge < -0.3 is 50.1 Å². The van der Waals surface area contributed by atoms with E-state index in [4.69, 9.17) is 29.4 Å². The highest BCUT2D eigenvalue weighted by molar-refractivity contribution is 5.96. The molecule has 2 saturated carbocycles. The Hall–Kier alpha value is -5.94. The molecule has 16 heteroatoms. The average molecular weight is 869 g/mol. The van der Waals surface area contributed by atoms with E-state index in [1.807, 2.05) is 0 Å². The lowest BCUT2D eigenvalue weighted by atomic mass is 9.44. The maximum Gasteiger partial charge on any atom is 0.338 e. The van der Waals surface area contributed by atoms with E-state index >= 15 is 4.79 Å². The number of anilines is 1. The monoisotopic (exact) mass is 868 g/mol. The van der Waals surface area contributed by atoms with Gasteiger partial charge in [-0.05, 0) is 60.9 Å². The molecule has 6 N–H and O–H groups in total. The Bertz CT molecular complexity index is 2350. The van der Waals surface area contributed by atoms with Crippen LogP contribution in [0.15, 0.2) is 96.1 Å². The van der Waals surface area contributed by atoms with Gasteiger partial charge in [0.1, 0.15) is 23.9 Å². The lowest BCUT2D eigenvalue weighted by molar-refractivity contribution is -0.346. The SMILES string of the molecule is CC(=O)O[C@H]1C(=O)[C@@]2(C)[C@H]([C@H](OC(=O)c3ccccc3)[C@]3(O)C[C@H](OC(=O)[C@H](O)[C@@H](NC(=O)c4cccc(N)c4)c4ccccc4)C(C)=C1C3(C)C)[C@]1(OC(C)=O)CO[C@@H]1C[C@@H]2O. The number of carbonyl (C=O) groups excluding carboxylic acids is 6. The highest BCUT2D eigenvalue weighted by Gasteiger charge is 2.78. The zero-order valence-electron chi connectivity index (χ0n) is 35.7. The molecule has 0 radical (unpaired) electrons. The zero-order valence-corrected chi connectivity index (χ0v) is 35.7. The molecule has 11 atom stereocenters. The van der Waals surface area contributed by atoms with Gasteiger partial charge >= 0.3 is 23.9 Å². The minimum atomic E-state index is -2.40. The van der Waals surface area contributed by atoms with Crippen molar-refractivity contribution in [3.8, 4) is 0 Å². The van der Waals surface area contributed by atoms with Gasteiger partial charge in [-0.15, -0.1) is 0 Å². The molecule has 0 spiro atoms. The molecule has 4 aliphatic rings.